The summed E-state index contributed by atoms with van der Waals surface area (Å²) in [4.78, 5) is 12.9. The van der Waals surface area contributed by atoms with Crippen molar-refractivity contribution in [1.29, 1.82) is 0 Å². The van der Waals surface area contributed by atoms with E-state index in [1.54, 1.807) is 18.6 Å². The van der Waals surface area contributed by atoms with Crippen molar-refractivity contribution >= 4 is 10.9 Å². The Bertz CT molecular complexity index is 697. The minimum atomic E-state index is 0.0540. The summed E-state index contributed by atoms with van der Waals surface area (Å²) in [5.41, 5.74) is 3.11. The maximum absolute atomic E-state index is 4.41. The van der Waals surface area contributed by atoms with Gasteiger partial charge in [-0.15, -0.1) is 0 Å². The molecule has 0 fully saturated rings. The van der Waals surface area contributed by atoms with Crippen molar-refractivity contribution in [2.75, 3.05) is 6.54 Å². The van der Waals surface area contributed by atoms with Crippen molar-refractivity contribution < 1.29 is 0 Å². The molecule has 0 amide bonds. The highest BCUT2D eigenvalue weighted by molar-refractivity contribution is 5.79. The smallest absolute Gasteiger partial charge is 0.0801 e. The monoisotopic (exact) mass is 264 g/mol. The standard InChI is InChI=1S/C16H16N4/c1-2-18-16(15-11-17-8-9-20-15)13-5-6-14-12(10-13)4-3-7-19-14/h3-11,16,18H,2H2,1H3. The summed E-state index contributed by atoms with van der Waals surface area (Å²) in [6.45, 7) is 2.96. The van der Waals surface area contributed by atoms with Crippen LogP contribution in [0.15, 0.2) is 55.1 Å². The van der Waals surface area contributed by atoms with Crippen LogP contribution >= 0.6 is 0 Å². The first-order valence-electron chi connectivity index (χ1n) is 6.72. The van der Waals surface area contributed by atoms with Crippen molar-refractivity contribution in [1.82, 2.24) is 20.3 Å². The fraction of sp³-hybridized carbons (Fsp3) is 0.188. The first kappa shape index (κ1) is 12.7. The molecule has 4 heteroatoms. The van der Waals surface area contributed by atoms with Crippen molar-refractivity contribution in [3.63, 3.8) is 0 Å². The predicted molar refractivity (Wildman–Crippen MR) is 79.3 cm³/mol. The number of hydrogen-bond acceptors (Lipinski definition) is 4. The van der Waals surface area contributed by atoms with Crippen molar-refractivity contribution in [3.8, 4) is 0 Å². The number of nitrogens with one attached hydrogen (secondary N) is 1. The Labute approximate surface area is 117 Å². The molecule has 100 valence electrons. The number of pyridine rings is 1. The Morgan fingerprint density at radius 3 is 2.85 bits per heavy atom. The van der Waals surface area contributed by atoms with E-state index in [2.05, 4.69) is 45.4 Å². The van der Waals surface area contributed by atoms with Gasteiger partial charge in [0.1, 0.15) is 0 Å². The van der Waals surface area contributed by atoms with E-state index >= 15 is 0 Å². The highest BCUT2D eigenvalue weighted by Gasteiger charge is 2.14. The van der Waals surface area contributed by atoms with Crippen LogP contribution in [-0.4, -0.2) is 21.5 Å². The highest BCUT2D eigenvalue weighted by atomic mass is 14.9. The van der Waals surface area contributed by atoms with Gasteiger partial charge in [0.15, 0.2) is 0 Å². The first-order valence-corrected chi connectivity index (χ1v) is 6.72. The summed E-state index contributed by atoms with van der Waals surface area (Å²) in [5.74, 6) is 0. The summed E-state index contributed by atoms with van der Waals surface area (Å²) in [6, 6.07) is 10.4. The largest absolute Gasteiger partial charge is 0.305 e. The third-order valence-corrected chi connectivity index (χ3v) is 3.25. The molecule has 1 aromatic carbocycles. The van der Waals surface area contributed by atoms with E-state index in [1.807, 2.05) is 18.3 Å². The molecule has 0 aliphatic rings. The average molecular weight is 264 g/mol. The van der Waals surface area contributed by atoms with Gasteiger partial charge in [0.05, 0.1) is 23.4 Å². The lowest BCUT2D eigenvalue weighted by Crippen LogP contribution is -2.23. The van der Waals surface area contributed by atoms with Crippen LogP contribution < -0.4 is 5.32 Å². The second kappa shape index (κ2) is 5.75. The molecule has 0 saturated heterocycles. The van der Waals surface area contributed by atoms with Crippen LogP contribution in [0.3, 0.4) is 0 Å². The van der Waals surface area contributed by atoms with E-state index in [0.717, 1.165) is 23.1 Å². The Balaban J connectivity index is 2.05. The summed E-state index contributed by atoms with van der Waals surface area (Å²) >= 11 is 0. The van der Waals surface area contributed by atoms with Gasteiger partial charge in [0.25, 0.3) is 0 Å². The van der Waals surface area contributed by atoms with E-state index in [0.29, 0.717) is 0 Å². The van der Waals surface area contributed by atoms with Crippen LogP contribution in [-0.2, 0) is 0 Å². The molecule has 3 aromatic rings. The minimum Gasteiger partial charge on any atom is -0.305 e. The maximum Gasteiger partial charge on any atom is 0.0801 e. The molecule has 0 saturated carbocycles. The van der Waals surface area contributed by atoms with Crippen molar-refractivity contribution in [2.24, 2.45) is 0 Å². The minimum absolute atomic E-state index is 0.0540. The zero-order chi connectivity index (χ0) is 13.8. The zero-order valence-electron chi connectivity index (χ0n) is 11.3. The van der Waals surface area contributed by atoms with Crippen LogP contribution in [0.1, 0.15) is 24.2 Å². The first-order chi connectivity index (χ1) is 9.88. The van der Waals surface area contributed by atoms with Gasteiger partial charge in [-0.05, 0) is 30.3 Å². The molecule has 0 aliphatic carbocycles. The van der Waals surface area contributed by atoms with Gasteiger partial charge in [0, 0.05) is 24.0 Å². The molecular formula is C16H16N4. The second-order valence-corrected chi connectivity index (χ2v) is 4.58. The maximum atomic E-state index is 4.41. The van der Waals surface area contributed by atoms with Crippen molar-refractivity contribution in [3.05, 3.63) is 66.4 Å². The zero-order valence-corrected chi connectivity index (χ0v) is 11.3. The summed E-state index contributed by atoms with van der Waals surface area (Å²) in [5, 5.41) is 4.59. The number of aromatic nitrogens is 3. The number of benzene rings is 1. The third-order valence-electron chi connectivity index (χ3n) is 3.25. The Morgan fingerprint density at radius 1 is 1.10 bits per heavy atom. The van der Waals surface area contributed by atoms with E-state index in [-0.39, 0.29) is 6.04 Å². The van der Waals surface area contributed by atoms with Gasteiger partial charge in [-0.2, -0.15) is 0 Å². The Morgan fingerprint density at radius 2 is 2.05 bits per heavy atom. The van der Waals surface area contributed by atoms with Gasteiger partial charge in [-0.25, -0.2) is 0 Å². The van der Waals surface area contributed by atoms with Gasteiger partial charge in [-0.3, -0.25) is 15.0 Å². The highest BCUT2D eigenvalue weighted by Crippen LogP contribution is 2.23. The van der Waals surface area contributed by atoms with Crippen molar-refractivity contribution in [2.45, 2.75) is 13.0 Å². The third kappa shape index (κ3) is 2.51. The molecule has 1 atom stereocenters. The van der Waals surface area contributed by atoms with E-state index in [4.69, 9.17) is 0 Å². The molecule has 2 aromatic heterocycles. The Hall–Kier alpha value is -2.33. The predicted octanol–water partition coefficient (Wildman–Crippen LogP) is 2.72. The van der Waals surface area contributed by atoms with E-state index < -0.39 is 0 Å². The van der Waals surface area contributed by atoms with E-state index in [1.165, 1.54) is 5.56 Å². The molecule has 1 N–H and O–H groups in total. The Kier molecular flexibility index (Phi) is 3.65. The number of rotatable bonds is 4. The normalized spacial score (nSPS) is 12.4. The lowest BCUT2D eigenvalue weighted by molar-refractivity contribution is 0.613. The average Bonchev–Trinajstić information content (AvgIpc) is 2.53. The summed E-state index contributed by atoms with van der Waals surface area (Å²) in [7, 11) is 0. The van der Waals surface area contributed by atoms with Crippen LogP contribution in [0.5, 0.6) is 0 Å². The van der Waals surface area contributed by atoms with Gasteiger partial charge < -0.3 is 5.32 Å². The quantitative estimate of drug-likeness (QED) is 0.787. The van der Waals surface area contributed by atoms with Crippen LogP contribution in [0, 0.1) is 0 Å². The molecule has 4 nitrogen and oxygen atoms in total. The second-order valence-electron chi connectivity index (χ2n) is 4.58. The van der Waals surface area contributed by atoms with Gasteiger partial charge >= 0.3 is 0 Å². The molecule has 0 spiro atoms. The molecule has 3 rings (SSSR count). The molecule has 0 aliphatic heterocycles. The van der Waals surface area contributed by atoms with Crippen LogP contribution in [0.4, 0.5) is 0 Å². The van der Waals surface area contributed by atoms with Gasteiger partial charge in [-0.1, -0.05) is 19.1 Å². The summed E-state index contributed by atoms with van der Waals surface area (Å²) in [6.07, 6.45) is 7.03. The lowest BCUT2D eigenvalue weighted by atomic mass is 10.0. The molecular weight excluding hydrogens is 248 g/mol. The SMILES string of the molecule is CCNC(c1ccc2ncccc2c1)c1cnccn1. The molecule has 20 heavy (non-hydrogen) atoms. The fourth-order valence-corrected chi connectivity index (χ4v) is 2.33. The van der Waals surface area contributed by atoms with Gasteiger partial charge in [0.2, 0.25) is 0 Å². The number of nitrogens with zero attached hydrogens (tertiary/aromatic N) is 3. The van der Waals surface area contributed by atoms with E-state index in [9.17, 15) is 0 Å². The number of hydrogen-bond donors (Lipinski definition) is 1. The summed E-state index contributed by atoms with van der Waals surface area (Å²) < 4.78 is 0. The molecule has 2 heterocycles. The van der Waals surface area contributed by atoms with Crippen LogP contribution in [0.2, 0.25) is 0 Å². The fourth-order valence-electron chi connectivity index (χ4n) is 2.33. The molecule has 0 radical (unpaired) electrons. The molecule has 1 unspecified atom stereocenters. The number of fused-ring (bicyclic) bond motifs is 1. The topological polar surface area (TPSA) is 50.7 Å². The molecule has 0 bridgehead atoms. The lowest BCUT2D eigenvalue weighted by Gasteiger charge is -2.17. The van der Waals surface area contributed by atoms with Crippen LogP contribution in [0.25, 0.3) is 10.9 Å².